The van der Waals surface area contributed by atoms with Gasteiger partial charge in [-0.05, 0) is 19.3 Å². The Kier molecular flexibility index (Phi) is 15.4. The highest BCUT2D eigenvalue weighted by atomic mass is 16.2. The van der Waals surface area contributed by atoms with Crippen molar-refractivity contribution in [1.29, 1.82) is 0 Å². The minimum Gasteiger partial charge on any atom is -0.396 e. The second-order valence-corrected chi connectivity index (χ2v) is 4.41. The van der Waals surface area contributed by atoms with E-state index < -0.39 is 0 Å². The number of aliphatic hydroxyl groups is 1. The van der Waals surface area contributed by atoms with Crippen LogP contribution >= 0.6 is 0 Å². The molecule has 0 amide bonds. The van der Waals surface area contributed by atoms with Crippen LogP contribution in [-0.2, 0) is 0 Å². The van der Waals surface area contributed by atoms with Gasteiger partial charge >= 0.3 is 0 Å². The summed E-state index contributed by atoms with van der Waals surface area (Å²) in [4.78, 5) is 0. The van der Waals surface area contributed by atoms with Crippen molar-refractivity contribution in [2.75, 3.05) is 6.61 Å². The van der Waals surface area contributed by atoms with Crippen LogP contribution in [0.1, 0.15) is 71.1 Å². The van der Waals surface area contributed by atoms with Gasteiger partial charge in [-0.1, -0.05) is 49.9 Å². The third-order valence-corrected chi connectivity index (χ3v) is 2.59. The molecule has 0 aliphatic heterocycles. The second kappa shape index (κ2) is 16.6. The molecule has 1 nitrogen and oxygen atoms in total. The molecule has 0 aromatic rings. The predicted molar refractivity (Wildman–Crippen MR) is 82.3 cm³/mol. The first-order valence-corrected chi connectivity index (χ1v) is 7.39. The summed E-state index contributed by atoms with van der Waals surface area (Å²) in [5, 5.41) is 8.59. The van der Waals surface area contributed by atoms with Crippen molar-refractivity contribution in [2.24, 2.45) is 0 Å². The Hall–Kier alpha value is -1.36. The van der Waals surface area contributed by atoms with Gasteiger partial charge in [-0.15, -0.1) is 11.8 Å². The molecule has 0 saturated heterocycles. The predicted octanol–water partition coefficient (Wildman–Crippen LogP) is 3.91. The van der Waals surface area contributed by atoms with Crippen molar-refractivity contribution < 1.29 is 5.11 Å². The van der Waals surface area contributed by atoms with E-state index in [4.69, 9.17) is 5.11 Å². The average molecular weight is 258 g/mol. The van der Waals surface area contributed by atoms with Crippen LogP contribution in [0, 0.1) is 35.5 Å². The Bertz CT molecular complexity index is 362. The average Bonchev–Trinajstić information content (AvgIpc) is 2.43. The van der Waals surface area contributed by atoms with Crippen LogP contribution in [0.5, 0.6) is 0 Å². The first-order valence-electron chi connectivity index (χ1n) is 7.39. The van der Waals surface area contributed by atoms with Gasteiger partial charge in [-0.3, -0.25) is 0 Å². The fourth-order valence-electron chi connectivity index (χ4n) is 1.48. The van der Waals surface area contributed by atoms with Crippen molar-refractivity contribution in [3.63, 3.8) is 0 Å². The van der Waals surface area contributed by atoms with E-state index in [2.05, 4.69) is 42.4 Å². The van der Waals surface area contributed by atoms with E-state index in [1.165, 1.54) is 25.7 Å². The number of aliphatic hydroxyl groups excluding tert-OH is 1. The second-order valence-electron chi connectivity index (χ2n) is 4.41. The summed E-state index contributed by atoms with van der Waals surface area (Å²) in [6.45, 7) is 2.48. The fraction of sp³-hybridized carbons (Fsp3) is 0.667. The van der Waals surface area contributed by atoms with Crippen LogP contribution in [0.25, 0.3) is 0 Å². The molecule has 0 heterocycles. The van der Waals surface area contributed by atoms with Crippen molar-refractivity contribution in [1.82, 2.24) is 0 Å². The summed E-state index contributed by atoms with van der Waals surface area (Å²) < 4.78 is 0. The van der Waals surface area contributed by atoms with Gasteiger partial charge in [-0.2, -0.15) is 0 Å². The lowest BCUT2D eigenvalue weighted by atomic mass is 10.1. The van der Waals surface area contributed by atoms with E-state index in [0.717, 1.165) is 25.7 Å². The van der Waals surface area contributed by atoms with Crippen LogP contribution in [0.2, 0.25) is 0 Å². The molecule has 0 aromatic carbocycles. The topological polar surface area (TPSA) is 20.2 Å². The van der Waals surface area contributed by atoms with E-state index in [-0.39, 0.29) is 6.61 Å². The molecule has 1 N–H and O–H groups in total. The molecule has 0 fully saturated rings. The Morgan fingerprint density at radius 2 is 1.16 bits per heavy atom. The van der Waals surface area contributed by atoms with Crippen LogP contribution in [0.3, 0.4) is 0 Å². The molecule has 104 valence electrons. The Morgan fingerprint density at radius 1 is 0.632 bits per heavy atom. The molecule has 0 saturated carbocycles. The zero-order chi connectivity index (χ0) is 14.0. The monoisotopic (exact) mass is 258 g/mol. The maximum Gasteiger partial charge on any atom is 0.0702 e. The van der Waals surface area contributed by atoms with Crippen molar-refractivity contribution in [3.8, 4) is 35.5 Å². The molecular weight excluding hydrogens is 232 g/mol. The molecule has 0 spiro atoms. The van der Waals surface area contributed by atoms with E-state index in [1.54, 1.807) is 0 Å². The number of unbranched alkanes of at least 4 members (excludes halogenated alkanes) is 6. The lowest BCUT2D eigenvalue weighted by Crippen LogP contribution is -1.80. The Morgan fingerprint density at radius 3 is 1.68 bits per heavy atom. The van der Waals surface area contributed by atoms with Gasteiger partial charge in [0.05, 0.1) is 12.8 Å². The van der Waals surface area contributed by atoms with Gasteiger partial charge in [-0.25, -0.2) is 0 Å². The lowest BCUT2D eigenvalue weighted by Gasteiger charge is -1.91. The van der Waals surface area contributed by atoms with Crippen molar-refractivity contribution >= 4 is 0 Å². The summed E-state index contributed by atoms with van der Waals surface area (Å²) in [5.41, 5.74) is 0. The molecule has 0 rings (SSSR count). The van der Waals surface area contributed by atoms with Gasteiger partial charge in [0.15, 0.2) is 0 Å². The van der Waals surface area contributed by atoms with Gasteiger partial charge in [0.2, 0.25) is 0 Å². The molecule has 0 unspecified atom stereocenters. The number of hydrogen-bond acceptors (Lipinski definition) is 1. The molecule has 0 bridgehead atoms. The highest BCUT2D eigenvalue weighted by Crippen LogP contribution is 2.00. The van der Waals surface area contributed by atoms with E-state index in [0.29, 0.717) is 12.8 Å². The highest BCUT2D eigenvalue weighted by molar-refractivity contribution is 5.16. The summed E-state index contributed by atoms with van der Waals surface area (Å²) in [6, 6.07) is 0. The Labute approximate surface area is 119 Å². The van der Waals surface area contributed by atoms with Crippen LogP contribution in [0.4, 0.5) is 0 Å². The van der Waals surface area contributed by atoms with E-state index in [1.807, 2.05) is 0 Å². The Balaban J connectivity index is 3.41. The molecular formula is C18H26O. The zero-order valence-corrected chi connectivity index (χ0v) is 12.2. The molecule has 0 radical (unpaired) electrons. The molecule has 0 aromatic heterocycles. The van der Waals surface area contributed by atoms with Crippen molar-refractivity contribution in [2.45, 2.75) is 71.1 Å². The summed E-state index contributed by atoms with van der Waals surface area (Å²) in [5.74, 6) is 18.3. The molecule has 1 heteroatoms. The van der Waals surface area contributed by atoms with Gasteiger partial charge in [0.1, 0.15) is 0 Å². The molecule has 0 aliphatic rings. The maximum absolute atomic E-state index is 8.59. The van der Waals surface area contributed by atoms with Gasteiger partial charge < -0.3 is 5.11 Å². The summed E-state index contributed by atoms with van der Waals surface area (Å²) in [7, 11) is 0. The minimum absolute atomic E-state index is 0.262. The fourth-order valence-corrected chi connectivity index (χ4v) is 1.48. The maximum atomic E-state index is 8.59. The van der Waals surface area contributed by atoms with E-state index >= 15 is 0 Å². The smallest absolute Gasteiger partial charge is 0.0702 e. The minimum atomic E-state index is 0.262. The standard InChI is InChI=1S/C18H26O/c1-2-3-4-5-6-7-8-9-10-11-12-13-14-15-16-17-18-19/h19H,2-6,9,12,15-18H2,1H3. The van der Waals surface area contributed by atoms with Crippen molar-refractivity contribution in [3.05, 3.63) is 0 Å². The van der Waals surface area contributed by atoms with Gasteiger partial charge in [0, 0.05) is 19.4 Å². The van der Waals surface area contributed by atoms with Crippen LogP contribution < -0.4 is 0 Å². The lowest BCUT2D eigenvalue weighted by molar-refractivity contribution is 0.285. The first kappa shape index (κ1) is 17.6. The quantitative estimate of drug-likeness (QED) is 0.542. The number of hydrogen-bond donors (Lipinski definition) is 1. The zero-order valence-electron chi connectivity index (χ0n) is 12.2. The van der Waals surface area contributed by atoms with E-state index in [9.17, 15) is 0 Å². The van der Waals surface area contributed by atoms with Gasteiger partial charge in [0.25, 0.3) is 0 Å². The SMILES string of the molecule is CCCCCCC#CCC#CCC#CCCCCO. The van der Waals surface area contributed by atoms with Crippen LogP contribution in [-0.4, -0.2) is 11.7 Å². The molecule has 0 atom stereocenters. The third kappa shape index (κ3) is 16.6. The summed E-state index contributed by atoms with van der Waals surface area (Å²) in [6.07, 6.45) is 10.1. The largest absolute Gasteiger partial charge is 0.396 e. The van der Waals surface area contributed by atoms with Crippen LogP contribution in [0.15, 0.2) is 0 Å². The molecule has 0 aliphatic carbocycles. The summed E-state index contributed by atoms with van der Waals surface area (Å²) >= 11 is 0. The molecule has 19 heavy (non-hydrogen) atoms. The normalized spacial score (nSPS) is 8.53. The first-order chi connectivity index (χ1) is 9.41. The highest BCUT2D eigenvalue weighted by Gasteiger charge is 1.83. The third-order valence-electron chi connectivity index (χ3n) is 2.59. The number of rotatable bonds is 7.